The number of ether oxygens (including phenoxy) is 3. The molecular weight excluding hydrogens is 561 g/mol. The third-order valence-electron chi connectivity index (χ3n) is 7.90. The number of halogens is 2. The van der Waals surface area contributed by atoms with E-state index in [4.69, 9.17) is 25.8 Å². The molecule has 222 valence electrons. The minimum absolute atomic E-state index is 0.0600. The summed E-state index contributed by atoms with van der Waals surface area (Å²) in [4.78, 5) is 29.7. The molecule has 1 aliphatic heterocycles. The molecule has 1 amide bonds. The van der Waals surface area contributed by atoms with Crippen LogP contribution in [0.5, 0.6) is 5.88 Å². The molecule has 1 aliphatic carbocycles. The Morgan fingerprint density at radius 1 is 1.05 bits per heavy atom. The Kier molecular flexibility index (Phi) is 9.92. The van der Waals surface area contributed by atoms with Crippen LogP contribution in [0.1, 0.15) is 66.1 Å². The zero-order chi connectivity index (χ0) is 29.5. The number of esters is 1. The molecule has 1 saturated carbocycles. The Hall–Kier alpha value is -3.69. The van der Waals surface area contributed by atoms with Crippen LogP contribution in [0.4, 0.5) is 15.8 Å². The van der Waals surface area contributed by atoms with E-state index in [-0.39, 0.29) is 30.5 Å². The lowest BCUT2D eigenvalue weighted by Crippen LogP contribution is -2.33. The fourth-order valence-electron chi connectivity index (χ4n) is 5.37. The van der Waals surface area contributed by atoms with Gasteiger partial charge in [0, 0.05) is 47.8 Å². The van der Waals surface area contributed by atoms with E-state index in [1.165, 1.54) is 13.2 Å². The minimum atomic E-state index is -0.436. The molecule has 10 heteroatoms. The first kappa shape index (κ1) is 29.8. The van der Waals surface area contributed by atoms with E-state index >= 15 is 0 Å². The molecule has 2 heterocycles. The normalized spacial score (nSPS) is 19.8. The van der Waals surface area contributed by atoms with Crippen LogP contribution >= 0.6 is 11.6 Å². The minimum Gasteiger partial charge on any atom is -0.473 e. The molecule has 3 aromatic rings. The van der Waals surface area contributed by atoms with Crippen LogP contribution in [0.3, 0.4) is 0 Å². The Labute approximate surface area is 249 Å². The average Bonchev–Trinajstić information content (AvgIpc) is 2.96. The van der Waals surface area contributed by atoms with Crippen molar-refractivity contribution in [1.82, 2.24) is 4.98 Å². The van der Waals surface area contributed by atoms with E-state index in [1.54, 1.807) is 36.4 Å². The smallest absolute Gasteiger partial charge is 0.337 e. The largest absolute Gasteiger partial charge is 0.473 e. The van der Waals surface area contributed by atoms with E-state index in [9.17, 15) is 14.0 Å². The van der Waals surface area contributed by atoms with Crippen LogP contribution in [-0.2, 0) is 20.9 Å². The summed E-state index contributed by atoms with van der Waals surface area (Å²) in [5.41, 5.74) is 3.06. The van der Waals surface area contributed by atoms with E-state index in [0.717, 1.165) is 44.4 Å². The first-order valence-electron chi connectivity index (χ1n) is 14.3. The van der Waals surface area contributed by atoms with E-state index < -0.39 is 11.8 Å². The monoisotopic (exact) mass is 595 g/mol. The predicted molar refractivity (Wildman–Crippen MR) is 159 cm³/mol. The first-order valence-corrected chi connectivity index (χ1v) is 14.7. The molecule has 42 heavy (non-hydrogen) atoms. The number of rotatable bonds is 11. The third kappa shape index (κ3) is 7.77. The lowest BCUT2D eigenvalue weighted by Gasteiger charge is -2.28. The van der Waals surface area contributed by atoms with Gasteiger partial charge in [0.25, 0.3) is 0 Å². The van der Waals surface area contributed by atoms with Crippen molar-refractivity contribution in [3.8, 4) is 5.88 Å². The van der Waals surface area contributed by atoms with Crippen molar-refractivity contribution in [3.05, 3.63) is 82.3 Å². The second-order valence-electron chi connectivity index (χ2n) is 10.8. The highest BCUT2D eigenvalue weighted by Gasteiger charge is 2.26. The number of methoxy groups -OCH3 is 1. The summed E-state index contributed by atoms with van der Waals surface area (Å²) in [6.45, 7) is 1.41. The van der Waals surface area contributed by atoms with Gasteiger partial charge in [0.05, 0.1) is 30.2 Å². The molecule has 2 fully saturated rings. The first-order chi connectivity index (χ1) is 20.4. The maximum absolute atomic E-state index is 14.1. The zero-order valence-corrected chi connectivity index (χ0v) is 24.3. The number of pyridine rings is 1. The number of benzene rings is 2. The molecular formula is C32H35ClFN3O5. The van der Waals surface area contributed by atoms with Crippen LogP contribution in [0.25, 0.3) is 0 Å². The number of hydrogen-bond donors (Lipinski definition) is 2. The molecule has 2 aromatic carbocycles. The van der Waals surface area contributed by atoms with Crippen molar-refractivity contribution in [3.63, 3.8) is 0 Å². The van der Waals surface area contributed by atoms with Gasteiger partial charge in [-0.1, -0.05) is 23.7 Å². The van der Waals surface area contributed by atoms with Crippen molar-refractivity contribution >= 4 is 34.9 Å². The van der Waals surface area contributed by atoms with Gasteiger partial charge < -0.3 is 24.8 Å². The van der Waals surface area contributed by atoms with Gasteiger partial charge in [0.1, 0.15) is 12.4 Å². The van der Waals surface area contributed by atoms with Gasteiger partial charge in [-0.2, -0.15) is 0 Å². The topological polar surface area (TPSA) is 98.8 Å². The summed E-state index contributed by atoms with van der Waals surface area (Å²) >= 11 is 5.83. The average molecular weight is 596 g/mol. The zero-order valence-electron chi connectivity index (χ0n) is 23.5. The van der Waals surface area contributed by atoms with E-state index in [1.807, 2.05) is 12.1 Å². The number of aromatic nitrogens is 1. The lowest BCUT2D eigenvalue weighted by atomic mass is 9.79. The highest BCUT2D eigenvalue weighted by atomic mass is 35.5. The van der Waals surface area contributed by atoms with E-state index in [0.29, 0.717) is 46.4 Å². The van der Waals surface area contributed by atoms with Gasteiger partial charge in [-0.15, -0.1) is 0 Å². The molecule has 1 atom stereocenters. The Morgan fingerprint density at radius 3 is 2.57 bits per heavy atom. The van der Waals surface area contributed by atoms with Gasteiger partial charge in [-0.25, -0.2) is 14.2 Å². The van der Waals surface area contributed by atoms with Crippen molar-refractivity contribution in [2.75, 3.05) is 30.9 Å². The highest BCUT2D eigenvalue weighted by molar-refractivity contribution is 6.30. The molecule has 0 bridgehead atoms. The summed E-state index contributed by atoms with van der Waals surface area (Å²) in [7, 11) is 1.34. The second-order valence-corrected chi connectivity index (χ2v) is 11.2. The summed E-state index contributed by atoms with van der Waals surface area (Å²) in [6, 6.07) is 15.3. The number of amides is 1. The molecule has 0 unspecified atom stereocenters. The van der Waals surface area contributed by atoms with Crippen LogP contribution in [0, 0.1) is 11.7 Å². The molecule has 0 spiro atoms. The van der Waals surface area contributed by atoms with Crippen molar-refractivity contribution in [2.45, 2.75) is 57.2 Å². The quantitative estimate of drug-likeness (QED) is 0.237. The molecule has 1 saturated heterocycles. The third-order valence-corrected chi connectivity index (χ3v) is 8.14. The Bertz CT molecular complexity index is 1410. The fraction of sp³-hybridized carbons (Fsp3) is 0.406. The molecule has 0 radical (unpaired) electrons. The summed E-state index contributed by atoms with van der Waals surface area (Å²) in [5.74, 6) is 0.0906. The molecule has 2 N–H and O–H groups in total. The van der Waals surface area contributed by atoms with Crippen LogP contribution in [0.15, 0.2) is 54.6 Å². The van der Waals surface area contributed by atoms with Gasteiger partial charge in [0.2, 0.25) is 11.8 Å². The Balaban J connectivity index is 1.13. The molecule has 5 rings (SSSR count). The van der Waals surface area contributed by atoms with Crippen molar-refractivity contribution in [2.24, 2.45) is 5.92 Å². The van der Waals surface area contributed by atoms with Crippen LogP contribution < -0.4 is 15.4 Å². The molecule has 1 aromatic heterocycles. The number of hydrogen-bond acceptors (Lipinski definition) is 7. The van der Waals surface area contributed by atoms with Gasteiger partial charge in [0.15, 0.2) is 0 Å². The van der Waals surface area contributed by atoms with Gasteiger partial charge in [-0.05, 0) is 74.4 Å². The predicted octanol–water partition coefficient (Wildman–Crippen LogP) is 6.74. The fourth-order valence-corrected chi connectivity index (χ4v) is 5.53. The van der Waals surface area contributed by atoms with Crippen molar-refractivity contribution < 1.29 is 28.2 Å². The highest BCUT2D eigenvalue weighted by Crippen LogP contribution is 2.37. The van der Waals surface area contributed by atoms with Crippen LogP contribution in [-0.4, -0.2) is 43.2 Å². The summed E-state index contributed by atoms with van der Waals surface area (Å²) in [6.07, 6.45) is 5.17. The number of nitrogens with zero attached hydrogens (tertiary/aromatic N) is 1. The maximum atomic E-state index is 14.1. The molecule has 8 nitrogen and oxygen atoms in total. The number of carbonyl (C=O) groups is 2. The number of anilines is 2. The standard InChI is InChI=1S/C32H35ClFN3O5/c1-40-32(39)22-10-12-28(29(16-22)35-18-25-13-14-41-25)36-30(38)15-20-5-7-21(8-6-20)27-3-2-4-31(37-27)42-19-23-9-11-24(33)17-26(23)34/h2-4,9-12,16-17,20-21,25,35H,5-8,13-15,18-19H2,1H3,(H,36,38)/t20?,21?,25-/m0/s1. The summed E-state index contributed by atoms with van der Waals surface area (Å²) < 4.78 is 30.2. The number of carbonyl (C=O) groups excluding carboxylic acids is 2. The second kappa shape index (κ2) is 14.0. The Morgan fingerprint density at radius 2 is 1.86 bits per heavy atom. The number of nitrogens with one attached hydrogen (secondary N) is 2. The van der Waals surface area contributed by atoms with Crippen LogP contribution in [0.2, 0.25) is 5.02 Å². The van der Waals surface area contributed by atoms with Gasteiger partial charge >= 0.3 is 5.97 Å². The molecule has 2 aliphatic rings. The van der Waals surface area contributed by atoms with Gasteiger partial charge in [-0.3, -0.25) is 4.79 Å². The SMILES string of the molecule is COC(=O)c1ccc(NC(=O)CC2CCC(c3cccc(OCc4ccc(Cl)cc4F)n3)CC2)c(NC[C@@H]2CCO2)c1. The summed E-state index contributed by atoms with van der Waals surface area (Å²) in [5, 5.41) is 6.68. The van der Waals surface area contributed by atoms with E-state index in [2.05, 4.69) is 15.6 Å². The lowest BCUT2D eigenvalue weighted by molar-refractivity contribution is -0.117. The van der Waals surface area contributed by atoms with Crippen molar-refractivity contribution in [1.29, 1.82) is 0 Å². The maximum Gasteiger partial charge on any atom is 0.337 e.